The number of aliphatic hydroxyl groups excluding tert-OH is 2. The summed E-state index contributed by atoms with van der Waals surface area (Å²) in [7, 11) is 0. The number of carbonyl (C=O) groups excluding carboxylic acids is 2. The summed E-state index contributed by atoms with van der Waals surface area (Å²) in [5.74, 6) is -0.519. The molecule has 3 N–H and O–H groups in total. The molecule has 3 unspecified atom stereocenters. The Morgan fingerprint density at radius 3 is 1.37 bits per heavy atom. The molecule has 0 fully saturated rings. The van der Waals surface area contributed by atoms with Gasteiger partial charge in [0.2, 0.25) is 5.91 Å². The number of aliphatic hydroxyl groups is 2. The van der Waals surface area contributed by atoms with Crippen molar-refractivity contribution in [3.63, 3.8) is 0 Å². The fourth-order valence-electron chi connectivity index (χ4n) is 7.45. The largest absolute Gasteiger partial charge is 0.462 e. The quantitative estimate of drug-likeness (QED) is 0.0323. The normalized spacial score (nSPS) is 13.8. The van der Waals surface area contributed by atoms with Crippen LogP contribution in [0.1, 0.15) is 239 Å². The maximum Gasteiger partial charge on any atom is 0.306 e. The summed E-state index contributed by atoms with van der Waals surface area (Å²) in [6, 6.07) is -0.709. The van der Waals surface area contributed by atoms with E-state index in [9.17, 15) is 19.8 Å². The van der Waals surface area contributed by atoms with Crippen LogP contribution in [0, 0.1) is 0 Å². The molecular weight excluding hydrogens is 731 g/mol. The maximum atomic E-state index is 13.2. The third-order valence-corrected chi connectivity index (χ3v) is 11.2. The van der Waals surface area contributed by atoms with E-state index < -0.39 is 18.2 Å². The third kappa shape index (κ3) is 42.1. The number of unbranched alkanes of at least 4 members (excludes halogenated alkanes) is 26. The summed E-state index contributed by atoms with van der Waals surface area (Å²) in [4.78, 5) is 26.1. The Hall–Kier alpha value is -2.44. The van der Waals surface area contributed by atoms with Gasteiger partial charge in [-0.1, -0.05) is 242 Å². The van der Waals surface area contributed by atoms with Gasteiger partial charge in [0.25, 0.3) is 0 Å². The SMILES string of the molecule is CC/C=C/C=C/C=C\C=C/C=C/CCCCCC(=O)OC(CCCCCCCCCCCCCCCC)CC(=O)NC(CO)C(O)CCCCCCCCCCCCC. The summed E-state index contributed by atoms with van der Waals surface area (Å²) in [6.07, 6.45) is 57.0. The number of hydrogen-bond donors (Lipinski definition) is 3. The predicted molar refractivity (Wildman–Crippen MR) is 255 cm³/mol. The number of carbonyl (C=O) groups is 2. The molecule has 0 aliphatic carbocycles. The molecule has 0 heterocycles. The first kappa shape index (κ1) is 56.6. The Kier molecular flexibility index (Phi) is 44.7. The highest BCUT2D eigenvalue weighted by molar-refractivity contribution is 5.77. The van der Waals surface area contributed by atoms with Gasteiger partial charge < -0.3 is 20.3 Å². The van der Waals surface area contributed by atoms with Gasteiger partial charge in [-0.25, -0.2) is 0 Å². The molecule has 0 saturated carbocycles. The van der Waals surface area contributed by atoms with Gasteiger partial charge in [0.05, 0.1) is 25.2 Å². The Morgan fingerprint density at radius 1 is 0.508 bits per heavy atom. The molecular formula is C53H95NO5. The molecule has 0 spiro atoms. The van der Waals surface area contributed by atoms with Crippen LogP contribution in [0.3, 0.4) is 0 Å². The van der Waals surface area contributed by atoms with Gasteiger partial charge in [-0.3, -0.25) is 9.59 Å². The van der Waals surface area contributed by atoms with Gasteiger partial charge in [-0.2, -0.15) is 0 Å². The molecule has 0 rings (SSSR count). The van der Waals surface area contributed by atoms with Crippen LogP contribution in [0.2, 0.25) is 0 Å². The number of amides is 1. The van der Waals surface area contributed by atoms with Gasteiger partial charge >= 0.3 is 5.97 Å². The second kappa shape index (κ2) is 46.6. The van der Waals surface area contributed by atoms with E-state index in [0.29, 0.717) is 19.3 Å². The van der Waals surface area contributed by atoms with Crippen LogP contribution in [0.5, 0.6) is 0 Å². The minimum atomic E-state index is -0.794. The predicted octanol–water partition coefficient (Wildman–Crippen LogP) is 14.8. The molecule has 0 aromatic rings. The fourth-order valence-corrected chi connectivity index (χ4v) is 7.45. The lowest BCUT2D eigenvalue weighted by molar-refractivity contribution is -0.151. The van der Waals surface area contributed by atoms with E-state index in [2.05, 4.69) is 50.4 Å². The van der Waals surface area contributed by atoms with E-state index >= 15 is 0 Å². The van der Waals surface area contributed by atoms with Crippen molar-refractivity contribution in [3.05, 3.63) is 60.8 Å². The highest BCUT2D eigenvalue weighted by Crippen LogP contribution is 2.18. The van der Waals surface area contributed by atoms with Crippen LogP contribution >= 0.6 is 0 Å². The number of hydrogen-bond acceptors (Lipinski definition) is 5. The molecule has 3 atom stereocenters. The second-order valence-electron chi connectivity index (χ2n) is 17.0. The minimum Gasteiger partial charge on any atom is -0.462 e. The molecule has 0 aliphatic heterocycles. The smallest absolute Gasteiger partial charge is 0.306 e. The van der Waals surface area contributed by atoms with Crippen molar-refractivity contribution in [2.75, 3.05) is 6.61 Å². The van der Waals surface area contributed by atoms with Gasteiger partial charge in [-0.15, -0.1) is 0 Å². The van der Waals surface area contributed by atoms with Gasteiger partial charge in [0.15, 0.2) is 0 Å². The van der Waals surface area contributed by atoms with E-state index in [0.717, 1.165) is 70.6 Å². The lowest BCUT2D eigenvalue weighted by Crippen LogP contribution is -2.46. The van der Waals surface area contributed by atoms with Gasteiger partial charge in [-0.05, 0) is 44.9 Å². The topological polar surface area (TPSA) is 95.9 Å². The lowest BCUT2D eigenvalue weighted by Gasteiger charge is -2.24. The number of esters is 1. The Balaban J connectivity index is 4.66. The van der Waals surface area contributed by atoms with Crippen LogP contribution in [0.4, 0.5) is 0 Å². The van der Waals surface area contributed by atoms with Crippen molar-refractivity contribution in [3.8, 4) is 0 Å². The average Bonchev–Trinajstić information content (AvgIpc) is 3.23. The zero-order chi connectivity index (χ0) is 43.1. The van der Waals surface area contributed by atoms with Crippen LogP contribution in [-0.4, -0.2) is 46.9 Å². The summed E-state index contributed by atoms with van der Waals surface area (Å²) in [5.41, 5.74) is 0. The molecule has 0 bridgehead atoms. The second-order valence-corrected chi connectivity index (χ2v) is 17.0. The zero-order valence-corrected chi connectivity index (χ0v) is 38.9. The van der Waals surface area contributed by atoms with Crippen molar-refractivity contribution >= 4 is 11.9 Å². The molecule has 59 heavy (non-hydrogen) atoms. The lowest BCUT2D eigenvalue weighted by atomic mass is 10.0. The molecule has 6 heteroatoms. The minimum absolute atomic E-state index is 0.0611. The Labute approximate surface area is 365 Å². The van der Waals surface area contributed by atoms with E-state index in [1.807, 2.05) is 36.5 Å². The number of rotatable bonds is 44. The van der Waals surface area contributed by atoms with E-state index in [1.165, 1.54) is 122 Å². The van der Waals surface area contributed by atoms with E-state index in [4.69, 9.17) is 4.74 Å². The van der Waals surface area contributed by atoms with Crippen LogP contribution in [0.25, 0.3) is 0 Å². The summed E-state index contributed by atoms with van der Waals surface area (Å²) < 4.78 is 5.91. The summed E-state index contributed by atoms with van der Waals surface area (Å²) >= 11 is 0. The first-order chi connectivity index (χ1) is 29.0. The van der Waals surface area contributed by atoms with Gasteiger partial charge in [0, 0.05) is 6.42 Å². The average molecular weight is 826 g/mol. The zero-order valence-electron chi connectivity index (χ0n) is 38.9. The number of nitrogens with one attached hydrogen (secondary N) is 1. The van der Waals surface area contributed by atoms with Gasteiger partial charge in [0.1, 0.15) is 6.10 Å². The molecule has 6 nitrogen and oxygen atoms in total. The van der Waals surface area contributed by atoms with E-state index in [-0.39, 0.29) is 24.9 Å². The van der Waals surface area contributed by atoms with Crippen molar-refractivity contribution in [2.24, 2.45) is 0 Å². The maximum absolute atomic E-state index is 13.2. The van der Waals surface area contributed by atoms with Crippen molar-refractivity contribution in [1.82, 2.24) is 5.32 Å². The number of allylic oxidation sites excluding steroid dienone is 10. The van der Waals surface area contributed by atoms with E-state index in [1.54, 1.807) is 0 Å². The molecule has 1 amide bonds. The Bertz CT molecular complexity index is 1060. The third-order valence-electron chi connectivity index (χ3n) is 11.2. The Morgan fingerprint density at radius 2 is 0.915 bits per heavy atom. The highest BCUT2D eigenvalue weighted by atomic mass is 16.5. The van der Waals surface area contributed by atoms with Crippen LogP contribution in [-0.2, 0) is 14.3 Å². The molecule has 0 aromatic heterocycles. The summed E-state index contributed by atoms with van der Waals surface area (Å²) in [6.45, 7) is 6.33. The summed E-state index contributed by atoms with van der Waals surface area (Å²) in [5, 5.41) is 23.7. The van der Waals surface area contributed by atoms with Crippen LogP contribution in [0.15, 0.2) is 60.8 Å². The first-order valence-corrected chi connectivity index (χ1v) is 25.1. The highest BCUT2D eigenvalue weighted by Gasteiger charge is 2.24. The van der Waals surface area contributed by atoms with Crippen molar-refractivity contribution < 1.29 is 24.5 Å². The van der Waals surface area contributed by atoms with Crippen LogP contribution < -0.4 is 5.32 Å². The monoisotopic (exact) mass is 826 g/mol. The molecule has 0 aromatic carbocycles. The molecule has 0 aliphatic rings. The number of ether oxygens (including phenoxy) is 1. The molecule has 0 radical (unpaired) electrons. The van der Waals surface area contributed by atoms with Crippen molar-refractivity contribution in [2.45, 2.75) is 257 Å². The first-order valence-electron chi connectivity index (χ1n) is 25.1. The standard InChI is InChI=1S/C53H95NO5/c1-4-7-10-13-16-19-22-24-26-28-31-34-37-40-43-46-53(58)59-49(44-41-38-35-32-30-27-25-23-20-17-14-11-8-5-2)47-52(57)54-50(48-55)51(56)45-42-39-36-33-29-21-18-15-12-9-6-3/h7,10,13,16,19,22,24,26,28,31,49-51,55-56H,4-6,8-9,11-12,14-15,17-18,20-21,23,25,27,29-30,32-48H2,1-3H3,(H,54,57)/b10-7+,16-13+,22-19-,26-24-,31-28+. The molecule has 342 valence electrons. The molecule has 0 saturated heterocycles. The fraction of sp³-hybridized carbons (Fsp3) is 0.774. The van der Waals surface area contributed by atoms with Crippen molar-refractivity contribution in [1.29, 1.82) is 0 Å².